The molecule has 3 N–H and O–H groups in total. The molecular formula is C26H31N3O4S. The molecule has 0 radical (unpaired) electrons. The van der Waals surface area contributed by atoms with E-state index < -0.39 is 23.0 Å². The van der Waals surface area contributed by atoms with Crippen molar-refractivity contribution in [1.82, 2.24) is 10.3 Å². The average Bonchev–Trinajstić information content (AvgIpc) is 3.25. The van der Waals surface area contributed by atoms with Gasteiger partial charge in [0, 0.05) is 6.20 Å². The molecule has 3 aromatic rings. The van der Waals surface area contributed by atoms with Gasteiger partial charge in [0.2, 0.25) is 0 Å². The molecule has 2 aromatic carbocycles. The van der Waals surface area contributed by atoms with Gasteiger partial charge in [-0.1, -0.05) is 87.9 Å². The molecule has 1 atom stereocenters. The van der Waals surface area contributed by atoms with Crippen molar-refractivity contribution in [3.8, 4) is 16.2 Å². The third-order valence-corrected chi connectivity index (χ3v) is 6.71. The highest BCUT2D eigenvalue weighted by molar-refractivity contribution is 7.19. The Hall–Kier alpha value is -3.39. The number of anilines is 1. The highest BCUT2D eigenvalue weighted by Gasteiger charge is 2.49. The fourth-order valence-corrected chi connectivity index (χ4v) is 4.79. The third-order valence-electron chi connectivity index (χ3n) is 5.76. The van der Waals surface area contributed by atoms with Gasteiger partial charge in [0.15, 0.2) is 5.13 Å². The molecule has 0 saturated carbocycles. The zero-order valence-electron chi connectivity index (χ0n) is 19.9. The van der Waals surface area contributed by atoms with Crippen molar-refractivity contribution >= 4 is 28.5 Å². The quantitative estimate of drug-likeness (QED) is 0.339. The van der Waals surface area contributed by atoms with Crippen LogP contribution >= 0.6 is 11.3 Å². The van der Waals surface area contributed by atoms with Gasteiger partial charge < -0.3 is 15.2 Å². The second-order valence-electron chi connectivity index (χ2n) is 9.08. The van der Waals surface area contributed by atoms with Crippen molar-refractivity contribution in [2.24, 2.45) is 5.41 Å². The lowest BCUT2D eigenvalue weighted by Crippen LogP contribution is -2.64. The number of hydrogen-bond acceptors (Lipinski definition) is 5. The number of para-hydroxylation sites is 1. The van der Waals surface area contributed by atoms with E-state index >= 15 is 0 Å². The maximum atomic E-state index is 13.4. The maximum Gasteiger partial charge on any atom is 0.405 e. The van der Waals surface area contributed by atoms with E-state index in [1.807, 2.05) is 82.3 Å². The average molecular weight is 482 g/mol. The Morgan fingerprint density at radius 3 is 2.38 bits per heavy atom. The zero-order chi connectivity index (χ0) is 24.8. The summed E-state index contributed by atoms with van der Waals surface area (Å²) in [6.07, 6.45) is 1.49. The van der Waals surface area contributed by atoms with E-state index in [9.17, 15) is 14.7 Å². The fourth-order valence-electron chi connectivity index (χ4n) is 3.92. The molecule has 1 heterocycles. The first kappa shape index (κ1) is 25.2. The van der Waals surface area contributed by atoms with Gasteiger partial charge in [0.05, 0.1) is 4.88 Å². The van der Waals surface area contributed by atoms with Gasteiger partial charge in [-0.3, -0.25) is 10.1 Å². The molecule has 0 bridgehead atoms. The predicted octanol–water partition coefficient (Wildman–Crippen LogP) is 6.18. The molecular weight excluding hydrogens is 450 g/mol. The zero-order valence-corrected chi connectivity index (χ0v) is 20.7. The summed E-state index contributed by atoms with van der Waals surface area (Å²) in [6.45, 7) is 7.89. The van der Waals surface area contributed by atoms with Crippen LogP contribution < -0.4 is 15.4 Å². The normalized spacial score (nSPS) is 13.1. The van der Waals surface area contributed by atoms with E-state index in [1.165, 1.54) is 11.3 Å². The number of carboxylic acid groups (broad SMARTS) is 1. The van der Waals surface area contributed by atoms with Gasteiger partial charge in [-0.15, -0.1) is 0 Å². The lowest BCUT2D eigenvalue weighted by molar-refractivity contribution is -0.127. The Kier molecular flexibility index (Phi) is 7.94. The minimum absolute atomic E-state index is 0.368. The molecule has 0 fully saturated rings. The minimum atomic E-state index is -1.29. The number of ether oxygens (including phenoxy) is 1. The first-order chi connectivity index (χ1) is 16.2. The van der Waals surface area contributed by atoms with Gasteiger partial charge in [-0.2, -0.15) is 0 Å². The number of thiazole rings is 1. The van der Waals surface area contributed by atoms with E-state index in [1.54, 1.807) is 6.20 Å². The molecule has 3 rings (SSSR count). The largest absolute Gasteiger partial charge is 0.489 e. The fraction of sp³-hybridized carbons (Fsp3) is 0.346. The van der Waals surface area contributed by atoms with E-state index in [-0.39, 0.29) is 0 Å². The maximum absolute atomic E-state index is 13.4. The second-order valence-corrected chi connectivity index (χ2v) is 10.1. The minimum Gasteiger partial charge on any atom is -0.489 e. The summed E-state index contributed by atoms with van der Waals surface area (Å²) in [6, 6.07) is 17.5. The van der Waals surface area contributed by atoms with Crippen molar-refractivity contribution in [3.63, 3.8) is 0 Å². The number of carbonyl (C=O) groups excluding carboxylic acids is 1. The van der Waals surface area contributed by atoms with Gasteiger partial charge >= 0.3 is 6.09 Å². The standard InChI is InChI=1S/C26H31N3O4S/c1-5-15-26(25(2,3)4,29-24(31)32)22(30)28-23-27-16-21(34-23)20-14-10-9-11-18(20)17-33-19-12-7-6-8-13-19/h6-14,16,29H,5,15,17H2,1-4H3,(H,31,32)(H,27,28,30)/t26-/m1/s1. The molecule has 2 amide bonds. The number of amides is 2. The molecule has 0 aliphatic heterocycles. The molecule has 7 nitrogen and oxygen atoms in total. The van der Waals surface area contributed by atoms with Gasteiger partial charge in [0.1, 0.15) is 17.9 Å². The van der Waals surface area contributed by atoms with E-state index in [4.69, 9.17) is 4.74 Å². The molecule has 0 aliphatic rings. The summed E-state index contributed by atoms with van der Waals surface area (Å²) >= 11 is 1.34. The van der Waals surface area contributed by atoms with E-state index in [0.29, 0.717) is 24.6 Å². The van der Waals surface area contributed by atoms with Crippen molar-refractivity contribution < 1.29 is 19.4 Å². The van der Waals surface area contributed by atoms with Crippen LogP contribution in [0.4, 0.5) is 9.93 Å². The van der Waals surface area contributed by atoms with Crippen molar-refractivity contribution in [2.45, 2.75) is 52.7 Å². The number of nitrogens with one attached hydrogen (secondary N) is 2. The molecule has 34 heavy (non-hydrogen) atoms. The van der Waals surface area contributed by atoms with Gasteiger partial charge in [0.25, 0.3) is 5.91 Å². The summed E-state index contributed by atoms with van der Waals surface area (Å²) in [5, 5.41) is 15.2. The van der Waals surface area contributed by atoms with Crippen LogP contribution in [0.5, 0.6) is 5.75 Å². The summed E-state index contributed by atoms with van der Waals surface area (Å²) in [7, 11) is 0. The smallest absolute Gasteiger partial charge is 0.405 e. The Labute approximate surface area is 204 Å². The Morgan fingerprint density at radius 2 is 1.74 bits per heavy atom. The van der Waals surface area contributed by atoms with Crippen LogP contribution in [0.25, 0.3) is 10.4 Å². The number of benzene rings is 2. The van der Waals surface area contributed by atoms with Gasteiger partial charge in [-0.05, 0) is 35.1 Å². The lowest BCUT2D eigenvalue weighted by atomic mass is 9.70. The van der Waals surface area contributed by atoms with Gasteiger partial charge in [-0.25, -0.2) is 9.78 Å². The van der Waals surface area contributed by atoms with Crippen molar-refractivity contribution in [2.75, 3.05) is 5.32 Å². The number of aromatic nitrogens is 1. The number of hydrogen-bond donors (Lipinski definition) is 3. The summed E-state index contributed by atoms with van der Waals surface area (Å²) < 4.78 is 5.92. The number of nitrogens with zero attached hydrogens (tertiary/aromatic N) is 1. The monoisotopic (exact) mass is 481 g/mol. The first-order valence-electron chi connectivity index (χ1n) is 11.2. The lowest BCUT2D eigenvalue weighted by Gasteiger charge is -2.42. The summed E-state index contributed by atoms with van der Waals surface area (Å²) in [4.78, 5) is 30.2. The van der Waals surface area contributed by atoms with Crippen LogP contribution in [0, 0.1) is 5.41 Å². The topological polar surface area (TPSA) is 101 Å². The van der Waals surface area contributed by atoms with Crippen LogP contribution in [0.15, 0.2) is 60.8 Å². The van der Waals surface area contributed by atoms with E-state index in [0.717, 1.165) is 21.8 Å². The molecule has 0 spiro atoms. The Bertz CT molecular complexity index is 1120. The molecule has 8 heteroatoms. The molecule has 0 saturated heterocycles. The third kappa shape index (κ3) is 5.75. The number of carbonyl (C=O) groups is 2. The SMILES string of the molecule is CCC[C@@](NC(=O)O)(C(=O)Nc1ncc(-c2ccccc2COc2ccccc2)s1)C(C)(C)C. The van der Waals surface area contributed by atoms with E-state index in [2.05, 4.69) is 15.6 Å². The molecule has 1 aromatic heterocycles. The van der Waals surface area contributed by atoms with Crippen molar-refractivity contribution in [1.29, 1.82) is 0 Å². The predicted molar refractivity (Wildman–Crippen MR) is 135 cm³/mol. The summed E-state index contributed by atoms with van der Waals surface area (Å²) in [5.74, 6) is 0.376. The molecule has 0 unspecified atom stereocenters. The van der Waals surface area contributed by atoms with Crippen LogP contribution in [-0.4, -0.2) is 27.6 Å². The van der Waals surface area contributed by atoms with Crippen LogP contribution in [0.1, 0.15) is 46.1 Å². The Morgan fingerprint density at radius 1 is 1.06 bits per heavy atom. The Balaban J connectivity index is 1.82. The van der Waals surface area contributed by atoms with Crippen LogP contribution in [0.2, 0.25) is 0 Å². The van der Waals surface area contributed by atoms with Crippen LogP contribution in [-0.2, 0) is 11.4 Å². The van der Waals surface area contributed by atoms with Crippen molar-refractivity contribution in [3.05, 3.63) is 66.4 Å². The molecule has 180 valence electrons. The molecule has 0 aliphatic carbocycles. The first-order valence-corrected chi connectivity index (χ1v) is 12.0. The number of rotatable bonds is 9. The summed E-state index contributed by atoms with van der Waals surface area (Å²) in [5.41, 5.74) is 0.0273. The highest BCUT2D eigenvalue weighted by atomic mass is 32.1. The second kappa shape index (κ2) is 10.7. The van der Waals surface area contributed by atoms with Crippen LogP contribution in [0.3, 0.4) is 0 Å². The highest BCUT2D eigenvalue weighted by Crippen LogP contribution is 2.37.